The van der Waals surface area contributed by atoms with Gasteiger partial charge in [0.1, 0.15) is 10.7 Å². The molecule has 3 N–H and O–H groups in total. The molecule has 1 aliphatic rings. The molecule has 0 atom stereocenters. The highest BCUT2D eigenvalue weighted by molar-refractivity contribution is 7.89. The third kappa shape index (κ3) is 2.27. The highest BCUT2D eigenvalue weighted by Gasteiger charge is 2.29. The Bertz CT molecular complexity index is 483. The van der Waals surface area contributed by atoms with E-state index in [1.54, 1.807) is 0 Å². The quantitative estimate of drug-likeness (QED) is 0.756. The van der Waals surface area contributed by atoms with Crippen LogP contribution in [0.3, 0.4) is 0 Å². The Kier molecular flexibility index (Phi) is 2.40. The molecule has 0 saturated heterocycles. The van der Waals surface area contributed by atoms with Crippen molar-refractivity contribution in [2.75, 3.05) is 5.73 Å². The number of rotatable bonds is 3. The normalized spacial score (nSPS) is 16.6. The minimum atomic E-state index is -3.67. The molecule has 0 bridgehead atoms. The summed E-state index contributed by atoms with van der Waals surface area (Å²) in [4.78, 5) is -0.186. The first-order valence-electron chi connectivity index (χ1n) is 4.56. The van der Waals surface area contributed by atoms with E-state index in [-0.39, 0.29) is 16.6 Å². The standard InChI is InChI=1S/C9H11FN2O2S/c10-6-1-4-8(11)9(5-6)15(13,14)12-7-2-3-7/h1,4-5,7,12H,2-3,11H2. The molecule has 1 aliphatic carbocycles. The average molecular weight is 230 g/mol. The molecule has 6 heteroatoms. The van der Waals surface area contributed by atoms with E-state index in [9.17, 15) is 12.8 Å². The summed E-state index contributed by atoms with van der Waals surface area (Å²) >= 11 is 0. The van der Waals surface area contributed by atoms with Gasteiger partial charge in [-0.25, -0.2) is 17.5 Å². The maximum absolute atomic E-state index is 12.9. The lowest BCUT2D eigenvalue weighted by Crippen LogP contribution is -2.26. The number of nitrogen functional groups attached to an aromatic ring is 1. The first-order valence-corrected chi connectivity index (χ1v) is 6.05. The molecule has 2 rings (SSSR count). The van der Waals surface area contributed by atoms with E-state index in [2.05, 4.69) is 4.72 Å². The van der Waals surface area contributed by atoms with Crippen LogP contribution in [0.1, 0.15) is 12.8 Å². The van der Waals surface area contributed by atoms with Crippen LogP contribution in [-0.4, -0.2) is 14.5 Å². The van der Waals surface area contributed by atoms with Gasteiger partial charge >= 0.3 is 0 Å². The summed E-state index contributed by atoms with van der Waals surface area (Å²) in [5.74, 6) is -0.611. The molecular weight excluding hydrogens is 219 g/mol. The van der Waals surface area contributed by atoms with Crippen LogP contribution in [0, 0.1) is 5.82 Å². The summed E-state index contributed by atoms with van der Waals surface area (Å²) in [6, 6.07) is 3.29. The van der Waals surface area contributed by atoms with Gasteiger partial charge in [-0.1, -0.05) is 0 Å². The maximum atomic E-state index is 12.9. The Balaban J connectivity index is 2.38. The van der Waals surface area contributed by atoms with E-state index in [0.717, 1.165) is 25.0 Å². The van der Waals surface area contributed by atoms with Crippen molar-refractivity contribution >= 4 is 15.7 Å². The molecule has 0 spiro atoms. The Morgan fingerprint density at radius 2 is 2.07 bits per heavy atom. The number of halogens is 1. The molecule has 82 valence electrons. The van der Waals surface area contributed by atoms with E-state index in [4.69, 9.17) is 5.73 Å². The van der Waals surface area contributed by atoms with Crippen molar-refractivity contribution in [1.82, 2.24) is 4.72 Å². The molecule has 0 aromatic heterocycles. The largest absolute Gasteiger partial charge is 0.398 e. The van der Waals surface area contributed by atoms with Crippen LogP contribution in [0.2, 0.25) is 0 Å². The molecule has 1 fully saturated rings. The second kappa shape index (κ2) is 3.46. The van der Waals surface area contributed by atoms with Crippen LogP contribution in [-0.2, 0) is 10.0 Å². The molecular formula is C9H11FN2O2S. The lowest BCUT2D eigenvalue weighted by atomic mass is 10.3. The molecule has 1 saturated carbocycles. The summed E-state index contributed by atoms with van der Waals surface area (Å²) in [5, 5.41) is 0. The molecule has 1 aromatic carbocycles. The van der Waals surface area contributed by atoms with E-state index in [1.165, 1.54) is 6.07 Å². The van der Waals surface area contributed by atoms with Gasteiger partial charge in [-0.2, -0.15) is 0 Å². The Labute approximate surface area is 87.3 Å². The third-order valence-electron chi connectivity index (χ3n) is 2.16. The molecule has 0 heterocycles. The molecule has 1 aromatic rings. The van der Waals surface area contributed by atoms with Crippen LogP contribution in [0.15, 0.2) is 23.1 Å². The molecule has 0 amide bonds. The van der Waals surface area contributed by atoms with Crippen LogP contribution >= 0.6 is 0 Å². The van der Waals surface area contributed by atoms with Crippen molar-refractivity contribution in [2.24, 2.45) is 0 Å². The SMILES string of the molecule is Nc1ccc(F)cc1S(=O)(=O)NC1CC1. The van der Waals surface area contributed by atoms with E-state index < -0.39 is 15.8 Å². The number of sulfonamides is 1. The zero-order chi connectivity index (χ0) is 11.1. The van der Waals surface area contributed by atoms with Crippen LogP contribution < -0.4 is 10.5 Å². The summed E-state index contributed by atoms with van der Waals surface area (Å²) in [7, 11) is -3.67. The first kappa shape index (κ1) is 10.4. The van der Waals surface area contributed by atoms with Gasteiger partial charge in [0.15, 0.2) is 0 Å². The fraction of sp³-hybridized carbons (Fsp3) is 0.333. The van der Waals surface area contributed by atoms with Gasteiger partial charge in [-0.05, 0) is 31.0 Å². The van der Waals surface area contributed by atoms with Crippen molar-refractivity contribution in [3.05, 3.63) is 24.0 Å². The van der Waals surface area contributed by atoms with Crippen LogP contribution in [0.5, 0.6) is 0 Å². The van der Waals surface area contributed by atoms with Gasteiger partial charge < -0.3 is 5.73 Å². The van der Waals surface area contributed by atoms with Crippen LogP contribution in [0.25, 0.3) is 0 Å². The van der Waals surface area contributed by atoms with Gasteiger partial charge in [0.05, 0.1) is 5.69 Å². The van der Waals surface area contributed by atoms with Crippen molar-refractivity contribution in [2.45, 2.75) is 23.8 Å². The Morgan fingerprint density at radius 1 is 1.40 bits per heavy atom. The number of benzene rings is 1. The fourth-order valence-electron chi connectivity index (χ4n) is 1.23. The number of anilines is 1. The third-order valence-corrected chi connectivity index (χ3v) is 3.74. The maximum Gasteiger partial charge on any atom is 0.242 e. The van der Waals surface area contributed by atoms with E-state index in [0.29, 0.717) is 0 Å². The molecule has 0 radical (unpaired) electrons. The molecule has 0 unspecified atom stereocenters. The summed E-state index contributed by atoms with van der Waals surface area (Å²) in [6.07, 6.45) is 1.66. The van der Waals surface area contributed by atoms with Gasteiger partial charge in [-0.3, -0.25) is 0 Å². The monoisotopic (exact) mass is 230 g/mol. The highest BCUT2D eigenvalue weighted by atomic mass is 32.2. The second-order valence-electron chi connectivity index (χ2n) is 3.58. The van der Waals surface area contributed by atoms with Crippen molar-refractivity contribution in [1.29, 1.82) is 0 Å². The number of hydrogen-bond acceptors (Lipinski definition) is 3. The van der Waals surface area contributed by atoms with Gasteiger partial charge in [0.2, 0.25) is 10.0 Å². The highest BCUT2D eigenvalue weighted by Crippen LogP contribution is 2.25. The second-order valence-corrected chi connectivity index (χ2v) is 5.26. The van der Waals surface area contributed by atoms with Gasteiger partial charge in [-0.15, -0.1) is 0 Å². The predicted octanol–water partition coefficient (Wildman–Crippen LogP) is 0.849. The smallest absolute Gasteiger partial charge is 0.242 e. The predicted molar refractivity (Wildman–Crippen MR) is 54.2 cm³/mol. The van der Waals surface area contributed by atoms with Crippen molar-refractivity contribution in [3.63, 3.8) is 0 Å². The minimum absolute atomic E-state index is 0.0160. The minimum Gasteiger partial charge on any atom is -0.398 e. The number of hydrogen-bond donors (Lipinski definition) is 2. The van der Waals surface area contributed by atoms with Crippen molar-refractivity contribution < 1.29 is 12.8 Å². The van der Waals surface area contributed by atoms with E-state index in [1.807, 2.05) is 0 Å². The average Bonchev–Trinajstić information content (AvgIpc) is 2.92. The molecule has 4 nitrogen and oxygen atoms in total. The zero-order valence-corrected chi connectivity index (χ0v) is 8.72. The summed E-state index contributed by atoms with van der Waals surface area (Å²) in [5.41, 5.74) is 5.55. The Morgan fingerprint density at radius 3 is 2.67 bits per heavy atom. The van der Waals surface area contributed by atoms with Crippen molar-refractivity contribution in [3.8, 4) is 0 Å². The first-order chi connectivity index (χ1) is 6.99. The fourth-order valence-corrected chi connectivity index (χ4v) is 2.67. The zero-order valence-electron chi connectivity index (χ0n) is 7.90. The lowest BCUT2D eigenvalue weighted by Gasteiger charge is -2.07. The lowest BCUT2D eigenvalue weighted by molar-refractivity contribution is 0.577. The van der Waals surface area contributed by atoms with Crippen LogP contribution in [0.4, 0.5) is 10.1 Å². The summed E-state index contributed by atoms with van der Waals surface area (Å²) < 4.78 is 38.7. The Hall–Kier alpha value is -1.14. The van der Waals surface area contributed by atoms with E-state index >= 15 is 0 Å². The molecule has 0 aliphatic heterocycles. The number of nitrogens with one attached hydrogen (secondary N) is 1. The topological polar surface area (TPSA) is 72.2 Å². The molecule has 15 heavy (non-hydrogen) atoms. The van der Waals surface area contributed by atoms with Gasteiger partial charge in [0, 0.05) is 6.04 Å². The van der Waals surface area contributed by atoms with Gasteiger partial charge in [0.25, 0.3) is 0 Å². The summed E-state index contributed by atoms with van der Waals surface area (Å²) in [6.45, 7) is 0. The number of nitrogens with two attached hydrogens (primary N) is 1.